The third kappa shape index (κ3) is 2.84. The summed E-state index contributed by atoms with van der Waals surface area (Å²) in [6.07, 6.45) is 2.31. The van der Waals surface area contributed by atoms with Crippen LogP contribution >= 0.6 is 0 Å². The van der Waals surface area contributed by atoms with Crippen LogP contribution in [0.15, 0.2) is 57.5 Å². The van der Waals surface area contributed by atoms with Gasteiger partial charge in [-0.2, -0.15) is 0 Å². The van der Waals surface area contributed by atoms with E-state index in [0.29, 0.717) is 17.8 Å². The average molecular weight is 326 g/mol. The highest BCUT2D eigenvalue weighted by Crippen LogP contribution is 2.39. The summed E-state index contributed by atoms with van der Waals surface area (Å²) in [6, 6.07) is 7.01. The lowest BCUT2D eigenvalue weighted by Crippen LogP contribution is -2.47. The molecule has 2 heterocycles. The zero-order valence-electron chi connectivity index (χ0n) is 14.5. The highest BCUT2D eigenvalue weighted by atomic mass is 16.6. The van der Waals surface area contributed by atoms with Gasteiger partial charge in [-0.05, 0) is 51.5 Å². The molecule has 0 N–H and O–H groups in total. The van der Waals surface area contributed by atoms with Gasteiger partial charge in [0.25, 0.3) is 0 Å². The summed E-state index contributed by atoms with van der Waals surface area (Å²) in [6.45, 7) is 11.9. The van der Waals surface area contributed by atoms with Crippen molar-refractivity contribution < 1.29 is 13.9 Å². The van der Waals surface area contributed by atoms with E-state index in [9.17, 15) is 4.79 Å². The van der Waals surface area contributed by atoms with Crippen molar-refractivity contribution in [1.82, 2.24) is 0 Å². The fraction of sp³-hybridized carbons (Fsp3) is 0.350. The molecular formula is C20H22O4. The molecule has 1 aromatic heterocycles. The van der Waals surface area contributed by atoms with Gasteiger partial charge >= 0.3 is 5.63 Å². The molecule has 2 aromatic rings. The number of allylic oxidation sites excluding steroid dienone is 2. The van der Waals surface area contributed by atoms with E-state index in [1.807, 2.05) is 45.9 Å². The first-order chi connectivity index (χ1) is 11.3. The molecule has 0 aliphatic carbocycles. The Morgan fingerprint density at radius 2 is 2.04 bits per heavy atom. The largest absolute Gasteiger partial charge is 0.486 e. The maximum Gasteiger partial charge on any atom is 0.336 e. The molecular weight excluding hydrogens is 304 g/mol. The molecule has 4 nitrogen and oxygen atoms in total. The lowest BCUT2D eigenvalue weighted by atomic mass is 9.90. The van der Waals surface area contributed by atoms with Crippen LogP contribution in [0, 0.1) is 0 Å². The van der Waals surface area contributed by atoms with E-state index in [-0.39, 0.29) is 11.7 Å². The minimum Gasteiger partial charge on any atom is -0.486 e. The molecule has 0 unspecified atom stereocenters. The lowest BCUT2D eigenvalue weighted by molar-refractivity contribution is -0.0555. The van der Waals surface area contributed by atoms with Crippen LogP contribution in [0.5, 0.6) is 5.75 Å². The zero-order chi connectivity index (χ0) is 17.5. The molecule has 1 atom stereocenters. The van der Waals surface area contributed by atoms with E-state index < -0.39 is 5.60 Å². The highest BCUT2D eigenvalue weighted by Gasteiger charge is 2.40. The summed E-state index contributed by atoms with van der Waals surface area (Å²) >= 11 is 0. The van der Waals surface area contributed by atoms with Crippen LogP contribution in [0.4, 0.5) is 0 Å². The second-order valence-corrected chi connectivity index (χ2v) is 6.63. The van der Waals surface area contributed by atoms with E-state index in [2.05, 4.69) is 6.58 Å². The van der Waals surface area contributed by atoms with Crippen molar-refractivity contribution in [2.75, 3.05) is 0 Å². The van der Waals surface area contributed by atoms with Gasteiger partial charge in [0, 0.05) is 23.4 Å². The third-order valence-corrected chi connectivity index (χ3v) is 4.54. The topological polar surface area (TPSA) is 48.7 Å². The fourth-order valence-electron chi connectivity index (χ4n) is 2.85. The van der Waals surface area contributed by atoms with Crippen molar-refractivity contribution in [2.45, 2.75) is 45.8 Å². The van der Waals surface area contributed by atoms with Crippen LogP contribution < -0.4 is 10.4 Å². The van der Waals surface area contributed by atoms with Crippen LogP contribution in [-0.4, -0.2) is 11.7 Å². The van der Waals surface area contributed by atoms with Gasteiger partial charge in [0.15, 0.2) is 0 Å². The summed E-state index contributed by atoms with van der Waals surface area (Å²) in [4.78, 5) is 11.6. The van der Waals surface area contributed by atoms with E-state index in [1.54, 1.807) is 6.07 Å². The van der Waals surface area contributed by atoms with Crippen molar-refractivity contribution in [3.8, 4) is 5.75 Å². The Morgan fingerprint density at radius 3 is 2.75 bits per heavy atom. The first kappa shape index (κ1) is 16.4. The fourth-order valence-corrected chi connectivity index (χ4v) is 2.85. The Balaban J connectivity index is 2.04. The van der Waals surface area contributed by atoms with Gasteiger partial charge in [0.1, 0.15) is 28.8 Å². The molecule has 0 fully saturated rings. The summed E-state index contributed by atoms with van der Waals surface area (Å²) in [5, 5.41) is 0.874. The molecule has 0 radical (unpaired) electrons. The second-order valence-electron chi connectivity index (χ2n) is 6.63. The van der Waals surface area contributed by atoms with Gasteiger partial charge in [-0.3, -0.25) is 0 Å². The van der Waals surface area contributed by atoms with Gasteiger partial charge in [-0.25, -0.2) is 4.79 Å². The summed E-state index contributed by atoms with van der Waals surface area (Å²) in [5.41, 5.74) is 1.53. The van der Waals surface area contributed by atoms with Gasteiger partial charge in [0.2, 0.25) is 0 Å². The summed E-state index contributed by atoms with van der Waals surface area (Å²) in [5.74, 6) is 1.36. The van der Waals surface area contributed by atoms with Crippen LogP contribution in [-0.2, 0) is 11.2 Å². The smallest absolute Gasteiger partial charge is 0.336 e. The molecule has 1 aliphatic rings. The van der Waals surface area contributed by atoms with E-state index in [1.165, 1.54) is 6.07 Å². The molecule has 0 bridgehead atoms. The van der Waals surface area contributed by atoms with Crippen LogP contribution in [0.3, 0.4) is 0 Å². The minimum absolute atomic E-state index is 0.233. The standard InChI is InChI=1S/C20H22O4/c1-6-12(2)13(3)22-17-11-15-16(24-20(17,4)5)9-7-14-8-10-18(21)23-19(14)15/h6-10,17H,3,11H2,1-2,4-5H3/b12-6-/t17-/m0/s1. The molecule has 126 valence electrons. The maximum absolute atomic E-state index is 11.6. The van der Waals surface area contributed by atoms with Crippen LogP contribution in [0.2, 0.25) is 0 Å². The normalized spacial score (nSPS) is 19.5. The van der Waals surface area contributed by atoms with Crippen molar-refractivity contribution in [3.63, 3.8) is 0 Å². The van der Waals surface area contributed by atoms with Crippen LogP contribution in [0.1, 0.15) is 33.3 Å². The van der Waals surface area contributed by atoms with Crippen molar-refractivity contribution in [1.29, 1.82) is 0 Å². The Kier molecular flexibility index (Phi) is 3.99. The Labute approximate surface area is 141 Å². The predicted octanol–water partition coefficient (Wildman–Crippen LogP) is 4.37. The van der Waals surface area contributed by atoms with Crippen LogP contribution in [0.25, 0.3) is 11.0 Å². The number of rotatable bonds is 3. The lowest BCUT2D eigenvalue weighted by Gasteiger charge is -2.40. The molecule has 0 spiro atoms. The van der Waals surface area contributed by atoms with E-state index >= 15 is 0 Å². The number of fused-ring (bicyclic) bond motifs is 3. The number of benzene rings is 1. The number of hydrogen-bond acceptors (Lipinski definition) is 4. The zero-order valence-corrected chi connectivity index (χ0v) is 14.5. The number of hydrogen-bond donors (Lipinski definition) is 0. The van der Waals surface area contributed by atoms with Gasteiger partial charge in [0.05, 0.1) is 0 Å². The monoisotopic (exact) mass is 326 g/mol. The first-order valence-corrected chi connectivity index (χ1v) is 8.05. The average Bonchev–Trinajstić information content (AvgIpc) is 2.54. The molecule has 1 aromatic carbocycles. The van der Waals surface area contributed by atoms with Gasteiger partial charge < -0.3 is 13.9 Å². The molecule has 4 heteroatoms. The van der Waals surface area contributed by atoms with E-state index in [0.717, 1.165) is 22.3 Å². The summed E-state index contributed by atoms with van der Waals surface area (Å²) in [7, 11) is 0. The Morgan fingerprint density at radius 1 is 1.33 bits per heavy atom. The van der Waals surface area contributed by atoms with Gasteiger partial charge in [-0.15, -0.1) is 0 Å². The highest BCUT2D eigenvalue weighted by molar-refractivity contribution is 5.82. The molecule has 24 heavy (non-hydrogen) atoms. The molecule has 0 amide bonds. The minimum atomic E-state index is -0.521. The Hall–Kier alpha value is -2.49. The number of ether oxygens (including phenoxy) is 2. The quantitative estimate of drug-likeness (QED) is 0.477. The first-order valence-electron chi connectivity index (χ1n) is 8.05. The summed E-state index contributed by atoms with van der Waals surface area (Å²) < 4.78 is 17.7. The molecule has 3 rings (SSSR count). The Bertz CT molecular complexity index is 886. The molecule has 1 aliphatic heterocycles. The van der Waals surface area contributed by atoms with Gasteiger partial charge in [-0.1, -0.05) is 12.7 Å². The third-order valence-electron chi connectivity index (χ3n) is 4.54. The predicted molar refractivity (Wildman–Crippen MR) is 94.3 cm³/mol. The van der Waals surface area contributed by atoms with Crippen molar-refractivity contribution in [2.24, 2.45) is 0 Å². The second kappa shape index (κ2) is 5.86. The maximum atomic E-state index is 11.6. The SMILES string of the molecule is C=C(O[C@H]1Cc2c(ccc3ccc(=O)oc23)OC1(C)C)/C(C)=C\C. The van der Waals surface area contributed by atoms with E-state index in [4.69, 9.17) is 13.9 Å². The molecule has 0 saturated carbocycles. The van der Waals surface area contributed by atoms with Crippen molar-refractivity contribution in [3.05, 3.63) is 64.2 Å². The van der Waals surface area contributed by atoms with Crippen molar-refractivity contribution >= 4 is 11.0 Å². The molecule has 0 saturated heterocycles.